The fourth-order valence-corrected chi connectivity index (χ4v) is 6.63. The SMILES string of the molecule is Cc1nc(C)c(C(OC(C)(C)C)C(=O)O)c(N2CCC(C)(C)CC2)c1-c1ccc2c(c1)CCN(Cc1ccc(Cl)cc1)C2. The summed E-state index contributed by atoms with van der Waals surface area (Å²) in [6, 6.07) is 14.9. The number of aliphatic carboxylic acids is 1. The van der Waals surface area contributed by atoms with Crippen LogP contribution in [0.4, 0.5) is 5.69 Å². The van der Waals surface area contributed by atoms with E-state index in [0.29, 0.717) is 11.3 Å². The third-order valence-electron chi connectivity index (χ3n) is 8.88. The van der Waals surface area contributed by atoms with Crippen LogP contribution in [0.25, 0.3) is 11.1 Å². The van der Waals surface area contributed by atoms with Crippen molar-refractivity contribution in [1.29, 1.82) is 0 Å². The van der Waals surface area contributed by atoms with Gasteiger partial charge in [0.1, 0.15) is 0 Å². The van der Waals surface area contributed by atoms with Crippen molar-refractivity contribution >= 4 is 23.3 Å². The van der Waals surface area contributed by atoms with Crippen LogP contribution in [0.1, 0.15) is 87.2 Å². The molecule has 230 valence electrons. The number of aryl methyl sites for hydroxylation is 2. The quantitative estimate of drug-likeness (QED) is 0.294. The summed E-state index contributed by atoms with van der Waals surface area (Å²) in [5.41, 5.74) is 8.96. The van der Waals surface area contributed by atoms with Crippen molar-refractivity contribution in [2.24, 2.45) is 5.41 Å². The molecule has 6 nitrogen and oxygen atoms in total. The molecule has 2 aliphatic rings. The molecule has 1 N–H and O–H groups in total. The van der Waals surface area contributed by atoms with E-state index in [1.807, 2.05) is 39.8 Å². The highest BCUT2D eigenvalue weighted by molar-refractivity contribution is 6.30. The topological polar surface area (TPSA) is 65.9 Å². The van der Waals surface area contributed by atoms with E-state index < -0.39 is 17.7 Å². The molecule has 2 aliphatic heterocycles. The highest BCUT2D eigenvalue weighted by Gasteiger charge is 2.36. The number of carboxylic acids is 1. The molecule has 0 radical (unpaired) electrons. The number of benzene rings is 2. The number of hydrogen-bond acceptors (Lipinski definition) is 5. The summed E-state index contributed by atoms with van der Waals surface area (Å²) in [7, 11) is 0. The second-order valence-corrected chi connectivity index (χ2v) is 14.5. The number of ether oxygens (including phenoxy) is 1. The van der Waals surface area contributed by atoms with E-state index in [2.05, 4.69) is 60.9 Å². The van der Waals surface area contributed by atoms with Gasteiger partial charge in [0.25, 0.3) is 0 Å². The lowest BCUT2D eigenvalue weighted by molar-refractivity contribution is -0.160. The van der Waals surface area contributed by atoms with Crippen molar-refractivity contribution in [1.82, 2.24) is 9.88 Å². The van der Waals surface area contributed by atoms with Gasteiger partial charge in [-0.05, 0) is 93.7 Å². The zero-order valence-electron chi connectivity index (χ0n) is 26.8. The van der Waals surface area contributed by atoms with E-state index >= 15 is 0 Å². The summed E-state index contributed by atoms with van der Waals surface area (Å²) >= 11 is 6.09. The molecule has 0 amide bonds. The highest BCUT2D eigenvalue weighted by Crippen LogP contribution is 2.45. The lowest BCUT2D eigenvalue weighted by atomic mass is 9.81. The molecule has 3 aromatic rings. The monoisotopic (exact) mass is 603 g/mol. The molecule has 1 unspecified atom stereocenters. The lowest BCUT2D eigenvalue weighted by Crippen LogP contribution is -2.39. The molecule has 3 heterocycles. The number of carboxylic acid groups (broad SMARTS) is 1. The van der Waals surface area contributed by atoms with Gasteiger partial charge in [-0.25, -0.2) is 4.79 Å². The fraction of sp³-hybridized carbons (Fsp3) is 0.500. The van der Waals surface area contributed by atoms with Crippen molar-refractivity contribution < 1.29 is 14.6 Å². The minimum Gasteiger partial charge on any atom is -0.479 e. The van der Waals surface area contributed by atoms with Crippen LogP contribution in [0.2, 0.25) is 5.02 Å². The molecule has 43 heavy (non-hydrogen) atoms. The normalized spacial score (nSPS) is 17.9. The predicted octanol–water partition coefficient (Wildman–Crippen LogP) is 8.14. The molecule has 1 saturated heterocycles. The molecule has 1 fully saturated rings. The Balaban J connectivity index is 1.56. The second kappa shape index (κ2) is 12.2. The van der Waals surface area contributed by atoms with Gasteiger partial charge in [-0.3, -0.25) is 9.88 Å². The van der Waals surface area contributed by atoms with Crippen LogP contribution < -0.4 is 4.90 Å². The van der Waals surface area contributed by atoms with E-state index in [-0.39, 0.29) is 5.41 Å². The molecule has 1 aromatic heterocycles. The zero-order chi connectivity index (χ0) is 31.1. The number of halogens is 1. The molecule has 0 saturated carbocycles. The minimum atomic E-state index is -1.11. The minimum absolute atomic E-state index is 0.256. The average molecular weight is 604 g/mol. The number of hydrogen-bond donors (Lipinski definition) is 1. The highest BCUT2D eigenvalue weighted by atomic mass is 35.5. The first-order valence-electron chi connectivity index (χ1n) is 15.5. The lowest BCUT2D eigenvalue weighted by Gasteiger charge is -2.41. The Labute approximate surface area is 262 Å². The first-order valence-corrected chi connectivity index (χ1v) is 15.8. The Morgan fingerprint density at radius 2 is 1.70 bits per heavy atom. The fourth-order valence-electron chi connectivity index (χ4n) is 6.50. The molecule has 0 spiro atoms. The predicted molar refractivity (Wildman–Crippen MR) is 175 cm³/mol. The number of anilines is 1. The Hall–Kier alpha value is -2.93. The van der Waals surface area contributed by atoms with Gasteiger partial charge in [0, 0.05) is 60.3 Å². The maximum Gasteiger partial charge on any atom is 0.337 e. The summed E-state index contributed by atoms with van der Waals surface area (Å²) in [5.74, 6) is -0.987. The number of piperidine rings is 1. The van der Waals surface area contributed by atoms with Gasteiger partial charge in [-0.2, -0.15) is 0 Å². The molecule has 0 aliphatic carbocycles. The van der Waals surface area contributed by atoms with Gasteiger partial charge in [-0.1, -0.05) is 55.8 Å². The Morgan fingerprint density at radius 1 is 1.02 bits per heavy atom. The number of rotatable bonds is 7. The summed E-state index contributed by atoms with van der Waals surface area (Å²) in [4.78, 5) is 22.6. The standard InChI is InChI=1S/C36H46ClN3O3/c1-23-30(27-10-11-28-22-39(17-14-26(28)20-27)21-25-8-12-29(37)13-9-25)32(40-18-15-36(6,7)16-19-40)31(24(2)38-23)33(34(41)42)43-35(3,4)5/h8-13,20,33H,14-19,21-22H2,1-7H3,(H,41,42). The molecule has 5 rings (SSSR count). The third-order valence-corrected chi connectivity index (χ3v) is 9.13. The van der Waals surface area contributed by atoms with Crippen LogP contribution in [-0.4, -0.2) is 46.2 Å². The largest absolute Gasteiger partial charge is 0.479 e. The van der Waals surface area contributed by atoms with Crippen molar-refractivity contribution in [2.75, 3.05) is 24.5 Å². The molecule has 2 aromatic carbocycles. The summed E-state index contributed by atoms with van der Waals surface area (Å²) in [5, 5.41) is 11.2. The van der Waals surface area contributed by atoms with Gasteiger partial charge in [0.15, 0.2) is 6.10 Å². The van der Waals surface area contributed by atoms with Gasteiger partial charge >= 0.3 is 5.97 Å². The number of nitrogens with zero attached hydrogens (tertiary/aromatic N) is 3. The van der Waals surface area contributed by atoms with E-state index in [4.69, 9.17) is 21.3 Å². The number of fused-ring (bicyclic) bond motifs is 1. The maximum absolute atomic E-state index is 12.8. The second-order valence-electron chi connectivity index (χ2n) is 14.1. The number of carbonyl (C=O) groups is 1. The van der Waals surface area contributed by atoms with Gasteiger partial charge < -0.3 is 14.7 Å². The molecule has 1 atom stereocenters. The van der Waals surface area contributed by atoms with Crippen LogP contribution >= 0.6 is 11.6 Å². The Kier molecular flexibility index (Phi) is 8.95. The van der Waals surface area contributed by atoms with Crippen LogP contribution in [0, 0.1) is 19.3 Å². The van der Waals surface area contributed by atoms with Crippen LogP contribution in [-0.2, 0) is 29.0 Å². The van der Waals surface area contributed by atoms with Crippen molar-refractivity contribution in [2.45, 2.75) is 92.5 Å². The molecular formula is C36H46ClN3O3. The van der Waals surface area contributed by atoms with E-state index in [9.17, 15) is 9.90 Å². The Bertz CT molecular complexity index is 1480. The van der Waals surface area contributed by atoms with Gasteiger partial charge in [0.05, 0.1) is 11.3 Å². The summed E-state index contributed by atoms with van der Waals surface area (Å²) in [6.45, 7) is 18.8. The van der Waals surface area contributed by atoms with Crippen molar-refractivity contribution in [3.8, 4) is 11.1 Å². The van der Waals surface area contributed by atoms with Gasteiger partial charge in [0.2, 0.25) is 0 Å². The first kappa shape index (κ1) is 31.5. The summed E-state index contributed by atoms with van der Waals surface area (Å²) in [6.07, 6.45) is 1.92. The van der Waals surface area contributed by atoms with Crippen LogP contribution in [0.3, 0.4) is 0 Å². The molecule has 7 heteroatoms. The molecular weight excluding hydrogens is 558 g/mol. The molecule has 0 bridgehead atoms. The zero-order valence-corrected chi connectivity index (χ0v) is 27.5. The first-order chi connectivity index (χ1) is 20.2. The smallest absolute Gasteiger partial charge is 0.337 e. The number of aromatic nitrogens is 1. The van der Waals surface area contributed by atoms with Crippen LogP contribution in [0.5, 0.6) is 0 Å². The van der Waals surface area contributed by atoms with Crippen LogP contribution in [0.15, 0.2) is 42.5 Å². The maximum atomic E-state index is 12.8. The summed E-state index contributed by atoms with van der Waals surface area (Å²) < 4.78 is 6.25. The van der Waals surface area contributed by atoms with E-state index in [1.54, 1.807) is 0 Å². The van der Waals surface area contributed by atoms with Gasteiger partial charge in [-0.15, -0.1) is 0 Å². The third kappa shape index (κ3) is 7.25. The number of pyridine rings is 1. The van der Waals surface area contributed by atoms with Crippen molar-refractivity contribution in [3.05, 3.63) is 81.1 Å². The van der Waals surface area contributed by atoms with E-state index in [1.165, 1.54) is 16.7 Å². The van der Waals surface area contributed by atoms with E-state index in [0.717, 1.165) is 79.5 Å². The average Bonchev–Trinajstić information content (AvgIpc) is 2.92. The van der Waals surface area contributed by atoms with Crippen molar-refractivity contribution in [3.63, 3.8) is 0 Å². The Morgan fingerprint density at radius 3 is 2.33 bits per heavy atom.